The molecular formula is C16H13N3O4S. The number of carbonyl (C=O) groups is 1. The molecule has 1 amide bonds. The number of nitro groups is 1. The maximum atomic E-state index is 12.2. The Labute approximate surface area is 141 Å². The molecule has 1 N–H and O–H groups in total. The fourth-order valence-electron chi connectivity index (χ4n) is 2.15. The molecule has 1 aromatic carbocycles. The number of benzene rings is 1. The number of rotatable bonds is 5. The molecule has 2 aromatic heterocycles. The summed E-state index contributed by atoms with van der Waals surface area (Å²) >= 11 is 1.52. The van der Waals surface area contributed by atoms with Crippen molar-refractivity contribution in [2.45, 2.75) is 13.3 Å². The van der Waals surface area contributed by atoms with Gasteiger partial charge in [-0.05, 0) is 23.9 Å². The highest BCUT2D eigenvalue weighted by Crippen LogP contribution is 2.26. The number of thiophene rings is 1. The van der Waals surface area contributed by atoms with Crippen molar-refractivity contribution in [2.75, 3.05) is 5.32 Å². The van der Waals surface area contributed by atoms with Gasteiger partial charge in [0.15, 0.2) is 5.76 Å². The van der Waals surface area contributed by atoms with Crippen LogP contribution in [0.4, 0.5) is 11.4 Å². The Morgan fingerprint density at radius 3 is 2.92 bits per heavy atom. The van der Waals surface area contributed by atoms with Gasteiger partial charge in [-0.2, -0.15) is 0 Å². The fourth-order valence-corrected chi connectivity index (χ4v) is 2.82. The summed E-state index contributed by atoms with van der Waals surface area (Å²) in [6.07, 6.45) is 0.0248. The molecule has 3 aromatic rings. The molecule has 8 heteroatoms. The number of hydrogen-bond acceptors (Lipinski definition) is 6. The first kappa shape index (κ1) is 15.9. The summed E-state index contributed by atoms with van der Waals surface area (Å²) < 4.78 is 5.23. The second-order valence-corrected chi connectivity index (χ2v) is 6.09. The number of amides is 1. The van der Waals surface area contributed by atoms with E-state index in [0.717, 1.165) is 10.4 Å². The SMILES string of the molecule is Cc1ccc([N+](=O)[O-])cc1NC(=O)Cc1cc(-c2cccs2)on1. The Bertz CT molecular complexity index is 887. The van der Waals surface area contributed by atoms with Crippen LogP contribution in [0.1, 0.15) is 11.3 Å². The molecule has 7 nitrogen and oxygen atoms in total. The maximum absolute atomic E-state index is 12.2. The van der Waals surface area contributed by atoms with E-state index in [4.69, 9.17) is 4.52 Å². The van der Waals surface area contributed by atoms with Gasteiger partial charge in [0.25, 0.3) is 5.69 Å². The zero-order valence-corrected chi connectivity index (χ0v) is 13.5. The number of non-ortho nitro benzene ring substituents is 1. The van der Waals surface area contributed by atoms with E-state index < -0.39 is 4.92 Å². The monoisotopic (exact) mass is 343 g/mol. The first-order chi connectivity index (χ1) is 11.5. The van der Waals surface area contributed by atoms with Gasteiger partial charge < -0.3 is 9.84 Å². The summed E-state index contributed by atoms with van der Waals surface area (Å²) in [6, 6.07) is 9.86. The van der Waals surface area contributed by atoms with Gasteiger partial charge in [0.1, 0.15) is 0 Å². The van der Waals surface area contributed by atoms with Crippen molar-refractivity contribution in [2.24, 2.45) is 0 Å². The molecule has 0 aliphatic heterocycles. The molecule has 0 atom stereocenters. The fraction of sp³-hybridized carbons (Fsp3) is 0.125. The van der Waals surface area contributed by atoms with Crippen molar-refractivity contribution in [3.8, 4) is 10.6 Å². The van der Waals surface area contributed by atoms with E-state index in [1.54, 1.807) is 19.1 Å². The van der Waals surface area contributed by atoms with E-state index >= 15 is 0 Å². The molecule has 0 aliphatic rings. The number of aryl methyl sites for hydroxylation is 1. The number of hydrogen-bond donors (Lipinski definition) is 1. The quantitative estimate of drug-likeness (QED) is 0.561. The third-order valence-corrected chi connectivity index (χ3v) is 4.26. The van der Waals surface area contributed by atoms with Gasteiger partial charge in [0, 0.05) is 18.2 Å². The molecular weight excluding hydrogens is 330 g/mol. The third kappa shape index (κ3) is 3.49. The van der Waals surface area contributed by atoms with Gasteiger partial charge in [0.05, 0.1) is 27.6 Å². The van der Waals surface area contributed by atoms with E-state index in [1.807, 2.05) is 17.5 Å². The van der Waals surface area contributed by atoms with Gasteiger partial charge in [0.2, 0.25) is 5.91 Å². The zero-order chi connectivity index (χ0) is 17.1. The number of nitrogens with one attached hydrogen (secondary N) is 1. The average Bonchev–Trinajstić information content (AvgIpc) is 3.20. The van der Waals surface area contributed by atoms with Crippen LogP contribution in [0.5, 0.6) is 0 Å². The number of anilines is 1. The van der Waals surface area contributed by atoms with Crippen LogP contribution in [0.2, 0.25) is 0 Å². The lowest BCUT2D eigenvalue weighted by molar-refractivity contribution is -0.384. The van der Waals surface area contributed by atoms with Crippen LogP contribution in [0.25, 0.3) is 10.6 Å². The molecule has 24 heavy (non-hydrogen) atoms. The normalized spacial score (nSPS) is 10.5. The van der Waals surface area contributed by atoms with Crippen LogP contribution < -0.4 is 5.32 Å². The molecule has 122 valence electrons. The maximum Gasteiger partial charge on any atom is 0.271 e. The minimum absolute atomic E-state index is 0.0248. The van der Waals surface area contributed by atoms with Gasteiger partial charge in [-0.1, -0.05) is 17.3 Å². The first-order valence-corrected chi connectivity index (χ1v) is 7.95. The predicted octanol–water partition coefficient (Wildman–Crippen LogP) is 3.80. The van der Waals surface area contributed by atoms with Crippen molar-refractivity contribution < 1.29 is 14.2 Å². The number of nitrogens with zero attached hydrogens (tertiary/aromatic N) is 2. The molecule has 0 saturated carbocycles. The third-order valence-electron chi connectivity index (χ3n) is 3.37. The Hall–Kier alpha value is -3.00. The summed E-state index contributed by atoms with van der Waals surface area (Å²) in [6.45, 7) is 1.77. The second kappa shape index (κ2) is 6.63. The number of nitro benzene ring substituents is 1. The van der Waals surface area contributed by atoms with E-state index in [-0.39, 0.29) is 18.0 Å². The molecule has 0 spiro atoms. The lowest BCUT2D eigenvalue weighted by atomic mass is 10.1. The summed E-state index contributed by atoms with van der Waals surface area (Å²) in [5.74, 6) is 0.295. The summed E-state index contributed by atoms with van der Waals surface area (Å²) in [4.78, 5) is 23.4. The van der Waals surface area contributed by atoms with Crippen LogP contribution in [0.15, 0.2) is 46.3 Å². The molecule has 2 heterocycles. The van der Waals surface area contributed by atoms with E-state index in [0.29, 0.717) is 17.1 Å². The topological polar surface area (TPSA) is 98.3 Å². The Morgan fingerprint density at radius 2 is 2.21 bits per heavy atom. The molecule has 3 rings (SSSR count). The zero-order valence-electron chi connectivity index (χ0n) is 12.7. The summed E-state index contributed by atoms with van der Waals surface area (Å²) in [7, 11) is 0. The second-order valence-electron chi connectivity index (χ2n) is 5.14. The molecule has 0 saturated heterocycles. The van der Waals surface area contributed by atoms with Crippen LogP contribution in [0.3, 0.4) is 0 Å². The van der Waals surface area contributed by atoms with E-state index in [2.05, 4.69) is 10.5 Å². The molecule has 0 unspecified atom stereocenters. The Morgan fingerprint density at radius 1 is 1.38 bits per heavy atom. The molecule has 0 aliphatic carbocycles. The van der Waals surface area contributed by atoms with Gasteiger partial charge in [-0.25, -0.2) is 0 Å². The van der Waals surface area contributed by atoms with Crippen LogP contribution in [0, 0.1) is 17.0 Å². The summed E-state index contributed by atoms with van der Waals surface area (Å²) in [5.41, 5.74) is 1.58. The Kier molecular flexibility index (Phi) is 4.39. The van der Waals surface area contributed by atoms with E-state index in [9.17, 15) is 14.9 Å². The van der Waals surface area contributed by atoms with Crippen molar-refractivity contribution >= 4 is 28.6 Å². The highest BCUT2D eigenvalue weighted by molar-refractivity contribution is 7.13. The van der Waals surface area contributed by atoms with Gasteiger partial charge in [-0.15, -0.1) is 11.3 Å². The highest BCUT2D eigenvalue weighted by atomic mass is 32.1. The molecule has 0 bridgehead atoms. The highest BCUT2D eigenvalue weighted by Gasteiger charge is 2.14. The van der Waals surface area contributed by atoms with Crippen molar-refractivity contribution in [1.29, 1.82) is 0 Å². The standard InChI is InChI=1S/C16H13N3O4S/c1-10-4-5-12(19(21)22)9-13(10)17-16(20)8-11-7-14(23-18-11)15-3-2-6-24-15/h2-7,9H,8H2,1H3,(H,17,20). The van der Waals surface area contributed by atoms with E-state index in [1.165, 1.54) is 23.5 Å². The molecule has 0 radical (unpaired) electrons. The van der Waals surface area contributed by atoms with Crippen molar-refractivity contribution in [3.05, 3.63) is 63.1 Å². The summed E-state index contributed by atoms with van der Waals surface area (Å²) in [5, 5.41) is 19.3. The van der Waals surface area contributed by atoms with Gasteiger partial charge >= 0.3 is 0 Å². The van der Waals surface area contributed by atoms with Crippen LogP contribution >= 0.6 is 11.3 Å². The number of aromatic nitrogens is 1. The van der Waals surface area contributed by atoms with Gasteiger partial charge in [-0.3, -0.25) is 14.9 Å². The minimum Gasteiger partial charge on any atom is -0.355 e. The van der Waals surface area contributed by atoms with Crippen LogP contribution in [-0.2, 0) is 11.2 Å². The largest absolute Gasteiger partial charge is 0.355 e. The molecule has 0 fully saturated rings. The Balaban J connectivity index is 1.70. The van der Waals surface area contributed by atoms with Crippen LogP contribution in [-0.4, -0.2) is 16.0 Å². The number of carbonyl (C=O) groups excluding carboxylic acids is 1. The van der Waals surface area contributed by atoms with Crippen molar-refractivity contribution in [3.63, 3.8) is 0 Å². The lowest BCUT2D eigenvalue weighted by Gasteiger charge is -2.07. The minimum atomic E-state index is -0.500. The lowest BCUT2D eigenvalue weighted by Crippen LogP contribution is -2.15. The first-order valence-electron chi connectivity index (χ1n) is 7.07. The smallest absolute Gasteiger partial charge is 0.271 e. The van der Waals surface area contributed by atoms with Crippen molar-refractivity contribution in [1.82, 2.24) is 5.16 Å². The average molecular weight is 343 g/mol. The predicted molar refractivity (Wildman–Crippen MR) is 90.0 cm³/mol.